The highest BCUT2D eigenvalue weighted by atomic mass is 31.2. The molecule has 3 unspecified atom stereocenters. The Morgan fingerprint density at radius 3 is 1.66 bits per heavy atom. The van der Waals surface area contributed by atoms with Crippen LogP contribution in [-0.2, 0) is 18.4 Å². The van der Waals surface area contributed by atoms with Crippen molar-refractivity contribution in [2.45, 2.75) is 174 Å². The van der Waals surface area contributed by atoms with Crippen LogP contribution in [0.15, 0.2) is 60.8 Å². The van der Waals surface area contributed by atoms with Gasteiger partial charge in [0.1, 0.15) is 13.2 Å². The largest absolute Gasteiger partial charge is 0.472 e. The van der Waals surface area contributed by atoms with Crippen molar-refractivity contribution in [3.8, 4) is 0 Å². The molecule has 8 nitrogen and oxygen atoms in total. The van der Waals surface area contributed by atoms with Crippen LogP contribution in [0, 0.1) is 0 Å². The molecule has 308 valence electrons. The molecule has 53 heavy (non-hydrogen) atoms. The Morgan fingerprint density at radius 2 is 1.13 bits per heavy atom. The Labute approximate surface area is 326 Å². The quantitative estimate of drug-likeness (QED) is 0.0252. The van der Waals surface area contributed by atoms with E-state index in [2.05, 4.69) is 67.8 Å². The molecule has 0 saturated heterocycles. The van der Waals surface area contributed by atoms with Crippen molar-refractivity contribution >= 4 is 13.7 Å². The normalized spacial score (nSPS) is 15.1. The van der Waals surface area contributed by atoms with Crippen LogP contribution < -0.4 is 5.32 Å². The third kappa shape index (κ3) is 38.3. The van der Waals surface area contributed by atoms with E-state index in [0.29, 0.717) is 17.4 Å². The predicted molar refractivity (Wildman–Crippen MR) is 226 cm³/mol. The third-order valence-corrected chi connectivity index (χ3v) is 9.98. The number of quaternary nitrogens is 1. The first-order valence-electron chi connectivity index (χ1n) is 21.2. The third-order valence-electron chi connectivity index (χ3n) is 8.99. The van der Waals surface area contributed by atoms with Gasteiger partial charge in [-0.25, -0.2) is 4.57 Å². The summed E-state index contributed by atoms with van der Waals surface area (Å²) >= 11 is 0. The highest BCUT2D eigenvalue weighted by Crippen LogP contribution is 2.43. The van der Waals surface area contributed by atoms with Crippen molar-refractivity contribution in [2.24, 2.45) is 0 Å². The molecule has 1 amide bonds. The maximum absolute atomic E-state index is 12.8. The number of likely N-dealkylation sites (N-methyl/N-ethyl adjacent to an activating group) is 1. The van der Waals surface area contributed by atoms with E-state index in [4.69, 9.17) is 9.05 Å². The highest BCUT2D eigenvalue weighted by Gasteiger charge is 2.27. The summed E-state index contributed by atoms with van der Waals surface area (Å²) < 4.78 is 23.5. The van der Waals surface area contributed by atoms with Crippen molar-refractivity contribution in [1.82, 2.24) is 5.32 Å². The number of phosphoric acid groups is 1. The van der Waals surface area contributed by atoms with E-state index >= 15 is 0 Å². The number of hydrogen-bond acceptors (Lipinski definition) is 5. The second kappa shape index (κ2) is 35.9. The minimum absolute atomic E-state index is 0.0569. The summed E-state index contributed by atoms with van der Waals surface area (Å²) in [4.78, 5) is 23.0. The maximum atomic E-state index is 12.8. The zero-order valence-electron chi connectivity index (χ0n) is 34.7. The van der Waals surface area contributed by atoms with Gasteiger partial charge < -0.3 is 19.8 Å². The Kier molecular flexibility index (Phi) is 34.7. The molecule has 3 N–H and O–H groups in total. The Balaban J connectivity index is 4.37. The number of carbonyl (C=O) groups is 1. The summed E-state index contributed by atoms with van der Waals surface area (Å²) in [6, 6.07) is -0.850. The Bertz CT molecular complexity index is 1050. The standard InChI is InChI=1S/C44H81N2O6P/c1-6-8-10-12-14-16-18-19-20-21-22-23-24-25-26-27-28-30-32-34-36-38-44(48)45-42(41-52-53(49,50)51-40-39-46(3,4)5)43(47)37-35-33-31-29-17-15-13-11-9-7-2/h8,10,14,16,19-20,22-23,35,37,42-43,47H,6-7,9,11-13,15,17-18,21,24-34,36,38-41H2,1-5H3,(H-,45,48,49,50)/p+1/b10-8-,16-14-,20-19-,23-22-,37-35+. The fourth-order valence-corrected chi connectivity index (χ4v) is 6.35. The number of unbranched alkanes of at least 4 members (excludes halogenated alkanes) is 16. The number of carbonyl (C=O) groups excluding carboxylic acids is 1. The number of nitrogens with zero attached hydrogens (tertiary/aromatic N) is 1. The van der Waals surface area contributed by atoms with E-state index in [9.17, 15) is 19.4 Å². The molecule has 0 fully saturated rings. The number of phosphoric ester groups is 1. The molecule has 9 heteroatoms. The molecule has 0 aromatic heterocycles. The molecule has 0 aromatic carbocycles. The number of rotatable bonds is 37. The maximum Gasteiger partial charge on any atom is 0.472 e. The lowest BCUT2D eigenvalue weighted by atomic mass is 10.1. The number of aliphatic hydroxyl groups is 1. The van der Waals surface area contributed by atoms with Crippen LogP contribution in [0.1, 0.15) is 162 Å². The molecule has 0 aliphatic heterocycles. The van der Waals surface area contributed by atoms with Crippen molar-refractivity contribution in [1.29, 1.82) is 0 Å². The predicted octanol–water partition coefficient (Wildman–Crippen LogP) is 11.5. The van der Waals surface area contributed by atoms with E-state index in [0.717, 1.165) is 70.6 Å². The zero-order valence-corrected chi connectivity index (χ0v) is 35.6. The van der Waals surface area contributed by atoms with Crippen LogP contribution in [0.3, 0.4) is 0 Å². The first-order chi connectivity index (χ1) is 25.5. The molecule has 0 aromatic rings. The van der Waals surface area contributed by atoms with Gasteiger partial charge in [-0.1, -0.05) is 158 Å². The van der Waals surface area contributed by atoms with Gasteiger partial charge in [-0.2, -0.15) is 0 Å². The van der Waals surface area contributed by atoms with E-state index in [1.54, 1.807) is 6.08 Å². The van der Waals surface area contributed by atoms with Gasteiger partial charge in [0.2, 0.25) is 5.91 Å². The fraction of sp³-hybridized carbons (Fsp3) is 0.750. The average molecular weight is 766 g/mol. The summed E-state index contributed by atoms with van der Waals surface area (Å²) in [6.07, 6.45) is 45.7. The first-order valence-corrected chi connectivity index (χ1v) is 22.7. The zero-order chi connectivity index (χ0) is 39.3. The van der Waals surface area contributed by atoms with Crippen LogP contribution in [0.25, 0.3) is 0 Å². The Morgan fingerprint density at radius 1 is 0.660 bits per heavy atom. The van der Waals surface area contributed by atoms with Crippen LogP contribution >= 0.6 is 7.82 Å². The molecule has 0 saturated carbocycles. The van der Waals surface area contributed by atoms with Gasteiger partial charge in [0.05, 0.1) is 39.9 Å². The van der Waals surface area contributed by atoms with E-state index in [1.807, 2.05) is 27.2 Å². The smallest absolute Gasteiger partial charge is 0.387 e. The molecule has 0 spiro atoms. The number of hydrogen-bond donors (Lipinski definition) is 3. The van der Waals surface area contributed by atoms with Crippen LogP contribution in [-0.4, -0.2) is 73.4 Å². The van der Waals surface area contributed by atoms with E-state index < -0.39 is 20.0 Å². The second-order valence-electron chi connectivity index (χ2n) is 15.3. The fourth-order valence-electron chi connectivity index (χ4n) is 5.62. The summed E-state index contributed by atoms with van der Waals surface area (Å²) in [5.74, 6) is -0.191. The van der Waals surface area contributed by atoms with Crippen molar-refractivity contribution < 1.29 is 32.9 Å². The molecule has 0 rings (SSSR count). The van der Waals surface area contributed by atoms with Crippen LogP contribution in [0.2, 0.25) is 0 Å². The minimum Gasteiger partial charge on any atom is -0.387 e. The lowest BCUT2D eigenvalue weighted by Gasteiger charge is -2.25. The molecule has 0 heterocycles. The van der Waals surface area contributed by atoms with Gasteiger partial charge in [0.25, 0.3) is 0 Å². The van der Waals surface area contributed by atoms with Gasteiger partial charge in [-0.3, -0.25) is 13.8 Å². The van der Waals surface area contributed by atoms with Gasteiger partial charge in [-0.05, 0) is 57.8 Å². The minimum atomic E-state index is -4.34. The van der Waals surface area contributed by atoms with Crippen LogP contribution in [0.4, 0.5) is 0 Å². The van der Waals surface area contributed by atoms with E-state index in [1.165, 1.54) is 70.6 Å². The Hall–Kier alpha value is -1.80. The van der Waals surface area contributed by atoms with Gasteiger partial charge >= 0.3 is 7.82 Å². The SMILES string of the molecule is CC/C=C\C/C=C\C/C=C\C/C=C\CCCCCCCCCCC(=O)NC(COP(=O)(O)OCC[N+](C)(C)C)C(O)/C=C/CCCCCCCCCC. The van der Waals surface area contributed by atoms with Gasteiger partial charge in [0, 0.05) is 6.42 Å². The number of aliphatic hydroxyl groups excluding tert-OH is 1. The van der Waals surface area contributed by atoms with Gasteiger partial charge in [-0.15, -0.1) is 0 Å². The lowest BCUT2D eigenvalue weighted by molar-refractivity contribution is -0.870. The second-order valence-corrected chi connectivity index (χ2v) is 16.8. The monoisotopic (exact) mass is 766 g/mol. The van der Waals surface area contributed by atoms with Crippen molar-refractivity contribution in [2.75, 3.05) is 40.9 Å². The topological polar surface area (TPSA) is 105 Å². The first kappa shape index (κ1) is 51.2. The summed E-state index contributed by atoms with van der Waals surface area (Å²) in [5.41, 5.74) is 0. The summed E-state index contributed by atoms with van der Waals surface area (Å²) in [7, 11) is 1.55. The summed E-state index contributed by atoms with van der Waals surface area (Å²) in [5, 5.41) is 13.7. The number of nitrogens with one attached hydrogen (secondary N) is 1. The lowest BCUT2D eigenvalue weighted by Crippen LogP contribution is -2.45. The molecule has 0 bridgehead atoms. The number of amides is 1. The molecule has 0 radical (unpaired) electrons. The van der Waals surface area contributed by atoms with Gasteiger partial charge in [0.15, 0.2) is 0 Å². The van der Waals surface area contributed by atoms with Crippen LogP contribution in [0.5, 0.6) is 0 Å². The average Bonchev–Trinajstić information content (AvgIpc) is 3.10. The van der Waals surface area contributed by atoms with Crippen molar-refractivity contribution in [3.05, 3.63) is 60.8 Å². The molecule has 0 aliphatic rings. The molecule has 0 aliphatic carbocycles. The molecule has 3 atom stereocenters. The highest BCUT2D eigenvalue weighted by molar-refractivity contribution is 7.47. The van der Waals surface area contributed by atoms with Crippen molar-refractivity contribution in [3.63, 3.8) is 0 Å². The molecular weight excluding hydrogens is 683 g/mol. The number of allylic oxidation sites excluding steroid dienone is 9. The summed E-state index contributed by atoms with van der Waals surface area (Å²) in [6.45, 7) is 4.65. The van der Waals surface area contributed by atoms with E-state index in [-0.39, 0.29) is 19.1 Å². The molecular formula is C44H82N2O6P+.